The molecule has 0 bridgehead atoms. The first kappa shape index (κ1) is 12.1. The Kier molecular flexibility index (Phi) is 4.13. The molecule has 0 saturated carbocycles. The van der Waals surface area contributed by atoms with Gasteiger partial charge in [-0.3, -0.25) is 4.99 Å². The highest BCUT2D eigenvalue weighted by molar-refractivity contribution is 5.80. The summed E-state index contributed by atoms with van der Waals surface area (Å²) in [5.74, 6) is 0.854. The van der Waals surface area contributed by atoms with Crippen molar-refractivity contribution in [3.05, 3.63) is 30.1 Å². The summed E-state index contributed by atoms with van der Waals surface area (Å²) in [5, 5.41) is 0. The fraction of sp³-hybridized carbons (Fsp3) is 0.571. The molecule has 3 heteroatoms. The lowest BCUT2D eigenvalue weighted by Crippen LogP contribution is -2.26. The van der Waals surface area contributed by atoms with Crippen molar-refractivity contribution >= 4 is 5.84 Å². The molecule has 3 nitrogen and oxygen atoms in total. The summed E-state index contributed by atoms with van der Waals surface area (Å²) >= 11 is 0. The van der Waals surface area contributed by atoms with E-state index in [2.05, 4.69) is 34.1 Å². The van der Waals surface area contributed by atoms with Gasteiger partial charge in [-0.25, -0.2) is 4.57 Å². The summed E-state index contributed by atoms with van der Waals surface area (Å²) in [4.78, 5) is 4.60. The SMILES string of the molecule is C[n+]1ccc(CCC2CCCCC(N)=N2)cc1. The van der Waals surface area contributed by atoms with Gasteiger partial charge in [0.25, 0.3) is 0 Å². The van der Waals surface area contributed by atoms with E-state index in [9.17, 15) is 0 Å². The van der Waals surface area contributed by atoms with Crippen LogP contribution in [0.1, 0.15) is 37.7 Å². The molecule has 0 amide bonds. The minimum absolute atomic E-state index is 0.437. The Balaban J connectivity index is 1.88. The largest absolute Gasteiger partial charge is 0.387 e. The molecule has 0 aliphatic carbocycles. The molecule has 2 N–H and O–H groups in total. The molecule has 1 aliphatic rings. The van der Waals surface area contributed by atoms with Crippen LogP contribution in [0.2, 0.25) is 0 Å². The van der Waals surface area contributed by atoms with E-state index in [4.69, 9.17) is 5.73 Å². The van der Waals surface area contributed by atoms with Crippen molar-refractivity contribution < 1.29 is 4.57 Å². The number of amidine groups is 1. The number of hydrogen-bond acceptors (Lipinski definition) is 2. The molecule has 1 atom stereocenters. The molecule has 0 radical (unpaired) electrons. The number of aliphatic imine (C=N–C) groups is 1. The zero-order valence-corrected chi connectivity index (χ0v) is 10.6. The van der Waals surface area contributed by atoms with Gasteiger partial charge in [0, 0.05) is 18.6 Å². The smallest absolute Gasteiger partial charge is 0.168 e. The van der Waals surface area contributed by atoms with Crippen LogP contribution in [0.15, 0.2) is 29.5 Å². The second-order valence-corrected chi connectivity index (χ2v) is 4.93. The maximum atomic E-state index is 5.86. The Morgan fingerprint density at radius 1 is 1.35 bits per heavy atom. The number of aryl methyl sites for hydroxylation is 2. The summed E-state index contributed by atoms with van der Waals surface area (Å²) in [7, 11) is 2.04. The van der Waals surface area contributed by atoms with Crippen LogP contribution >= 0.6 is 0 Å². The zero-order chi connectivity index (χ0) is 12.1. The van der Waals surface area contributed by atoms with Crippen LogP contribution in [-0.2, 0) is 13.5 Å². The van der Waals surface area contributed by atoms with Crippen LogP contribution in [0.25, 0.3) is 0 Å². The number of rotatable bonds is 3. The van der Waals surface area contributed by atoms with E-state index in [1.54, 1.807) is 0 Å². The standard InChI is InChI=1S/C14H22N3/c1-17-10-8-12(9-11-17)6-7-13-4-2-3-5-14(15)16-13/h8-11,13H,2-7H2,1H3,(H2,15,16)/q+1. The predicted octanol–water partition coefficient (Wildman–Crippen LogP) is 1.74. The van der Waals surface area contributed by atoms with Crippen molar-refractivity contribution in [2.24, 2.45) is 17.8 Å². The lowest BCUT2D eigenvalue weighted by Gasteiger charge is -2.10. The number of aromatic nitrogens is 1. The average molecular weight is 232 g/mol. The molecule has 0 saturated heterocycles. The van der Waals surface area contributed by atoms with Crippen molar-refractivity contribution in [2.45, 2.75) is 44.6 Å². The van der Waals surface area contributed by atoms with Gasteiger partial charge in [-0.2, -0.15) is 0 Å². The summed E-state index contributed by atoms with van der Waals surface area (Å²) in [6.45, 7) is 0. The Morgan fingerprint density at radius 2 is 2.12 bits per heavy atom. The molecular formula is C14H22N3+. The topological polar surface area (TPSA) is 42.3 Å². The van der Waals surface area contributed by atoms with Gasteiger partial charge in [0.05, 0.1) is 11.9 Å². The third kappa shape index (κ3) is 3.84. The highest BCUT2D eigenvalue weighted by Crippen LogP contribution is 2.16. The molecule has 17 heavy (non-hydrogen) atoms. The van der Waals surface area contributed by atoms with E-state index in [-0.39, 0.29) is 0 Å². The normalized spacial score (nSPS) is 20.8. The van der Waals surface area contributed by atoms with Gasteiger partial charge in [0.2, 0.25) is 0 Å². The quantitative estimate of drug-likeness (QED) is 0.793. The van der Waals surface area contributed by atoms with Crippen LogP contribution in [0.3, 0.4) is 0 Å². The third-order valence-electron chi connectivity index (χ3n) is 3.38. The summed E-state index contributed by atoms with van der Waals surface area (Å²) in [5.41, 5.74) is 7.25. The van der Waals surface area contributed by atoms with Gasteiger partial charge in [0.15, 0.2) is 12.4 Å². The molecule has 1 aromatic rings. The van der Waals surface area contributed by atoms with Crippen LogP contribution in [0.5, 0.6) is 0 Å². The Hall–Kier alpha value is -1.38. The van der Waals surface area contributed by atoms with Crippen LogP contribution in [0.4, 0.5) is 0 Å². The van der Waals surface area contributed by atoms with Gasteiger partial charge in [0.1, 0.15) is 7.05 Å². The van der Waals surface area contributed by atoms with Crippen molar-refractivity contribution in [1.29, 1.82) is 0 Å². The van der Waals surface area contributed by atoms with Crippen LogP contribution in [0, 0.1) is 0 Å². The Labute approximate surface area is 103 Å². The molecule has 1 unspecified atom stereocenters. The molecular weight excluding hydrogens is 210 g/mol. The first-order valence-corrected chi connectivity index (χ1v) is 6.50. The molecule has 0 spiro atoms. The highest BCUT2D eigenvalue weighted by Gasteiger charge is 2.12. The zero-order valence-electron chi connectivity index (χ0n) is 10.6. The van der Waals surface area contributed by atoms with Gasteiger partial charge < -0.3 is 5.73 Å². The van der Waals surface area contributed by atoms with Gasteiger partial charge in [-0.05, 0) is 31.2 Å². The van der Waals surface area contributed by atoms with E-state index in [1.165, 1.54) is 24.8 Å². The maximum Gasteiger partial charge on any atom is 0.168 e. The molecule has 1 aliphatic heterocycles. The molecule has 0 fully saturated rings. The van der Waals surface area contributed by atoms with E-state index in [1.807, 2.05) is 7.05 Å². The fourth-order valence-electron chi connectivity index (χ4n) is 2.29. The van der Waals surface area contributed by atoms with Gasteiger partial charge in [-0.1, -0.05) is 6.42 Å². The monoisotopic (exact) mass is 232 g/mol. The first-order valence-electron chi connectivity index (χ1n) is 6.50. The molecule has 92 valence electrons. The number of hydrogen-bond donors (Lipinski definition) is 1. The second kappa shape index (κ2) is 5.80. The average Bonchev–Trinajstić information content (AvgIpc) is 2.53. The van der Waals surface area contributed by atoms with Gasteiger partial charge in [-0.15, -0.1) is 0 Å². The van der Waals surface area contributed by atoms with Crippen molar-refractivity contribution in [1.82, 2.24) is 0 Å². The minimum atomic E-state index is 0.437. The van der Waals surface area contributed by atoms with Crippen molar-refractivity contribution in [3.8, 4) is 0 Å². The maximum absolute atomic E-state index is 5.86. The van der Waals surface area contributed by atoms with Crippen molar-refractivity contribution in [3.63, 3.8) is 0 Å². The number of nitrogens with zero attached hydrogens (tertiary/aromatic N) is 2. The van der Waals surface area contributed by atoms with E-state index < -0.39 is 0 Å². The van der Waals surface area contributed by atoms with Crippen LogP contribution in [-0.4, -0.2) is 11.9 Å². The van der Waals surface area contributed by atoms with Crippen molar-refractivity contribution in [2.75, 3.05) is 0 Å². The lowest BCUT2D eigenvalue weighted by atomic mass is 10.0. The van der Waals surface area contributed by atoms with Crippen LogP contribution < -0.4 is 10.3 Å². The fourth-order valence-corrected chi connectivity index (χ4v) is 2.29. The van der Waals surface area contributed by atoms with Gasteiger partial charge >= 0.3 is 0 Å². The Bertz CT molecular complexity index is 381. The third-order valence-corrected chi connectivity index (χ3v) is 3.38. The number of pyridine rings is 1. The predicted molar refractivity (Wildman–Crippen MR) is 69.8 cm³/mol. The molecule has 0 aromatic carbocycles. The summed E-state index contributed by atoms with van der Waals surface area (Å²) in [6.07, 6.45) is 11.1. The molecule has 2 rings (SSSR count). The highest BCUT2D eigenvalue weighted by atomic mass is 14.9. The Morgan fingerprint density at radius 3 is 2.88 bits per heavy atom. The lowest BCUT2D eigenvalue weighted by molar-refractivity contribution is -0.671. The van der Waals surface area contributed by atoms with E-state index >= 15 is 0 Å². The first-order chi connectivity index (χ1) is 8.24. The van der Waals surface area contributed by atoms with E-state index in [0.29, 0.717) is 6.04 Å². The molecule has 2 heterocycles. The summed E-state index contributed by atoms with van der Waals surface area (Å²) < 4.78 is 2.06. The van der Waals surface area contributed by atoms with E-state index in [0.717, 1.165) is 25.1 Å². The molecule has 1 aromatic heterocycles. The summed E-state index contributed by atoms with van der Waals surface area (Å²) in [6, 6.07) is 4.81. The minimum Gasteiger partial charge on any atom is -0.387 e. The second-order valence-electron chi connectivity index (χ2n) is 4.93. The number of nitrogens with two attached hydrogens (primary N) is 1.